The topological polar surface area (TPSA) is 75.7 Å². The summed E-state index contributed by atoms with van der Waals surface area (Å²) in [4.78, 5) is 11.8. The molecule has 0 aliphatic carbocycles. The molecule has 0 amide bonds. The maximum absolute atomic E-state index is 11.8. The number of ether oxygens (including phenoxy) is 3. The molecule has 2 aromatic rings. The fourth-order valence-corrected chi connectivity index (χ4v) is 2.43. The summed E-state index contributed by atoms with van der Waals surface area (Å²) in [6.07, 6.45) is 0. The van der Waals surface area contributed by atoms with Crippen LogP contribution in [0, 0.1) is 0 Å². The number of hydrogen-bond acceptors (Lipinski definition) is 6. The summed E-state index contributed by atoms with van der Waals surface area (Å²) in [5.41, 5.74) is 1.59. The van der Waals surface area contributed by atoms with Crippen molar-refractivity contribution in [2.45, 2.75) is 19.8 Å². The van der Waals surface area contributed by atoms with Gasteiger partial charge in [-0.3, -0.25) is 0 Å². The lowest BCUT2D eigenvalue weighted by atomic mass is 10.1. The third-order valence-corrected chi connectivity index (χ3v) is 3.21. The van der Waals surface area contributed by atoms with Crippen LogP contribution in [0.5, 0.6) is 5.75 Å². The number of hydrogen-bond donors (Lipinski definition) is 0. The SMILES string of the molecule is COCc1nn(Cc2cc(Cl)cc3c2OCOC3)c(=O)o1. The first-order valence-corrected chi connectivity index (χ1v) is 6.63. The van der Waals surface area contributed by atoms with Gasteiger partial charge >= 0.3 is 5.76 Å². The molecule has 0 atom stereocenters. The molecule has 0 N–H and O–H groups in total. The second kappa shape index (κ2) is 5.88. The van der Waals surface area contributed by atoms with E-state index in [1.54, 1.807) is 12.1 Å². The van der Waals surface area contributed by atoms with Crippen molar-refractivity contribution in [1.29, 1.82) is 0 Å². The third-order valence-electron chi connectivity index (χ3n) is 2.99. The molecular weight excluding hydrogens is 300 g/mol. The van der Waals surface area contributed by atoms with Gasteiger partial charge < -0.3 is 18.6 Å². The van der Waals surface area contributed by atoms with Crippen LogP contribution < -0.4 is 10.5 Å². The Morgan fingerprint density at radius 2 is 2.33 bits per heavy atom. The Labute approximate surface area is 125 Å². The highest BCUT2D eigenvalue weighted by atomic mass is 35.5. The summed E-state index contributed by atoms with van der Waals surface area (Å²) >= 11 is 6.08. The Balaban J connectivity index is 1.94. The first-order valence-electron chi connectivity index (χ1n) is 6.25. The molecule has 1 aromatic heterocycles. The van der Waals surface area contributed by atoms with E-state index in [9.17, 15) is 4.79 Å². The molecule has 2 heterocycles. The number of aromatic nitrogens is 2. The summed E-state index contributed by atoms with van der Waals surface area (Å²) in [5.74, 6) is 0.347. The van der Waals surface area contributed by atoms with E-state index in [1.165, 1.54) is 11.8 Å². The average molecular weight is 313 g/mol. The number of rotatable bonds is 4. The van der Waals surface area contributed by atoms with Gasteiger partial charge in [-0.1, -0.05) is 11.6 Å². The van der Waals surface area contributed by atoms with E-state index < -0.39 is 5.76 Å². The molecule has 0 bridgehead atoms. The normalized spacial score (nSPS) is 13.8. The third kappa shape index (κ3) is 2.94. The molecule has 0 radical (unpaired) electrons. The van der Waals surface area contributed by atoms with Gasteiger partial charge in [0.15, 0.2) is 6.79 Å². The fraction of sp³-hybridized carbons (Fsp3) is 0.385. The van der Waals surface area contributed by atoms with Crippen LogP contribution in [0.25, 0.3) is 0 Å². The highest BCUT2D eigenvalue weighted by Gasteiger charge is 2.18. The average Bonchev–Trinajstić information content (AvgIpc) is 2.79. The van der Waals surface area contributed by atoms with Gasteiger partial charge in [-0.2, -0.15) is 4.68 Å². The zero-order chi connectivity index (χ0) is 14.8. The molecule has 0 saturated heterocycles. The molecule has 1 aromatic carbocycles. The molecule has 1 aliphatic heterocycles. The van der Waals surface area contributed by atoms with Crippen molar-refractivity contribution in [3.05, 3.63) is 44.7 Å². The van der Waals surface area contributed by atoms with Gasteiger partial charge in [-0.05, 0) is 12.1 Å². The number of halogens is 1. The minimum Gasteiger partial charge on any atom is -0.467 e. The van der Waals surface area contributed by atoms with Gasteiger partial charge in [0.25, 0.3) is 0 Å². The molecule has 3 rings (SSSR count). The Kier molecular flexibility index (Phi) is 3.96. The lowest BCUT2D eigenvalue weighted by molar-refractivity contribution is -0.0171. The van der Waals surface area contributed by atoms with E-state index in [0.29, 0.717) is 17.4 Å². The van der Waals surface area contributed by atoms with Crippen molar-refractivity contribution in [1.82, 2.24) is 9.78 Å². The summed E-state index contributed by atoms with van der Waals surface area (Å²) in [5, 5.41) is 4.60. The summed E-state index contributed by atoms with van der Waals surface area (Å²) in [6, 6.07) is 3.52. The van der Waals surface area contributed by atoms with Crippen LogP contribution in [0.1, 0.15) is 17.0 Å². The van der Waals surface area contributed by atoms with Crippen LogP contribution in [0.3, 0.4) is 0 Å². The van der Waals surface area contributed by atoms with Gasteiger partial charge in [0.1, 0.15) is 12.4 Å². The molecular formula is C13H13ClN2O5. The van der Waals surface area contributed by atoms with Crippen LogP contribution in [0.2, 0.25) is 5.02 Å². The minimum absolute atomic E-state index is 0.139. The number of nitrogens with zero attached hydrogens (tertiary/aromatic N) is 2. The Bertz CT molecular complexity index is 709. The van der Waals surface area contributed by atoms with Crippen LogP contribution in [-0.4, -0.2) is 23.7 Å². The van der Waals surface area contributed by atoms with E-state index >= 15 is 0 Å². The Morgan fingerprint density at radius 1 is 1.48 bits per heavy atom. The van der Waals surface area contributed by atoms with Gasteiger partial charge in [-0.15, -0.1) is 5.10 Å². The monoisotopic (exact) mass is 312 g/mol. The maximum Gasteiger partial charge on any atom is 0.437 e. The second-order valence-electron chi connectivity index (χ2n) is 4.52. The van der Waals surface area contributed by atoms with E-state index in [-0.39, 0.29) is 25.8 Å². The maximum atomic E-state index is 11.8. The van der Waals surface area contributed by atoms with Crippen LogP contribution >= 0.6 is 11.6 Å². The van der Waals surface area contributed by atoms with E-state index in [4.69, 9.17) is 30.2 Å². The number of methoxy groups -OCH3 is 1. The molecule has 7 nitrogen and oxygen atoms in total. The minimum atomic E-state index is -0.553. The van der Waals surface area contributed by atoms with Gasteiger partial charge in [0, 0.05) is 23.3 Å². The Hall–Kier alpha value is -1.83. The molecule has 1 aliphatic rings. The molecule has 8 heteroatoms. The van der Waals surface area contributed by atoms with Crippen molar-refractivity contribution >= 4 is 11.6 Å². The molecule has 21 heavy (non-hydrogen) atoms. The molecule has 0 unspecified atom stereocenters. The zero-order valence-electron chi connectivity index (χ0n) is 11.3. The number of benzene rings is 1. The van der Waals surface area contributed by atoms with Crippen molar-refractivity contribution in [2.24, 2.45) is 0 Å². The lowest BCUT2D eigenvalue weighted by Crippen LogP contribution is -2.19. The molecule has 0 fully saturated rings. The highest BCUT2D eigenvalue weighted by Crippen LogP contribution is 2.31. The van der Waals surface area contributed by atoms with Gasteiger partial charge in [0.2, 0.25) is 5.89 Å². The quantitative estimate of drug-likeness (QED) is 0.852. The van der Waals surface area contributed by atoms with Crippen molar-refractivity contribution in [3.63, 3.8) is 0 Å². The first kappa shape index (κ1) is 14.1. The van der Waals surface area contributed by atoms with E-state index in [0.717, 1.165) is 11.1 Å². The predicted molar refractivity (Wildman–Crippen MR) is 72.3 cm³/mol. The summed E-state index contributed by atoms with van der Waals surface area (Å²) in [7, 11) is 1.50. The smallest absolute Gasteiger partial charge is 0.437 e. The zero-order valence-corrected chi connectivity index (χ0v) is 12.1. The van der Waals surface area contributed by atoms with E-state index in [1.807, 2.05) is 0 Å². The van der Waals surface area contributed by atoms with Gasteiger partial charge in [0.05, 0.1) is 13.2 Å². The lowest BCUT2D eigenvalue weighted by Gasteiger charge is -2.20. The predicted octanol–water partition coefficient (Wildman–Crippen LogP) is 1.55. The van der Waals surface area contributed by atoms with E-state index in [2.05, 4.69) is 5.10 Å². The number of fused-ring (bicyclic) bond motifs is 1. The van der Waals surface area contributed by atoms with Crippen molar-refractivity contribution in [2.75, 3.05) is 13.9 Å². The van der Waals surface area contributed by atoms with Crippen LogP contribution in [-0.2, 0) is 29.2 Å². The fourth-order valence-electron chi connectivity index (χ4n) is 2.17. The van der Waals surface area contributed by atoms with Crippen LogP contribution in [0.4, 0.5) is 0 Å². The highest BCUT2D eigenvalue weighted by molar-refractivity contribution is 6.30. The summed E-state index contributed by atoms with van der Waals surface area (Å²) < 4.78 is 21.8. The molecule has 0 spiro atoms. The summed E-state index contributed by atoms with van der Waals surface area (Å²) in [6.45, 7) is 0.935. The Morgan fingerprint density at radius 3 is 3.14 bits per heavy atom. The van der Waals surface area contributed by atoms with Crippen molar-refractivity contribution < 1.29 is 18.6 Å². The molecule has 112 valence electrons. The second-order valence-corrected chi connectivity index (χ2v) is 4.95. The van der Waals surface area contributed by atoms with Gasteiger partial charge in [-0.25, -0.2) is 4.79 Å². The van der Waals surface area contributed by atoms with Crippen LogP contribution in [0.15, 0.2) is 21.3 Å². The van der Waals surface area contributed by atoms with Crippen molar-refractivity contribution in [3.8, 4) is 5.75 Å². The molecule has 0 saturated carbocycles. The standard InChI is InChI=1S/C13H13ClN2O5/c1-18-6-11-15-16(13(17)21-11)4-8-2-10(14)3-9-5-19-7-20-12(8)9/h2-3H,4-7H2,1H3. The first-order chi connectivity index (χ1) is 10.2. The largest absolute Gasteiger partial charge is 0.467 e.